The zero-order valence-electron chi connectivity index (χ0n) is 26.1. The second-order valence-electron chi connectivity index (χ2n) is 13.9. The first kappa shape index (κ1) is 32.9. The number of carboxylic acid groups (broad SMARTS) is 1. The van der Waals surface area contributed by atoms with Crippen LogP contribution in [0.3, 0.4) is 0 Å². The van der Waals surface area contributed by atoms with Crippen molar-refractivity contribution in [3.05, 3.63) is 47.0 Å². The minimum absolute atomic E-state index is 0.0216. The fourth-order valence-electron chi connectivity index (χ4n) is 7.48. The van der Waals surface area contributed by atoms with Crippen molar-refractivity contribution in [1.82, 2.24) is 4.72 Å². The molecule has 44 heavy (non-hydrogen) atoms. The summed E-state index contributed by atoms with van der Waals surface area (Å²) in [4.78, 5) is 27.5. The fourth-order valence-corrected chi connectivity index (χ4v) is 8.98. The molecule has 2 aliphatic heterocycles. The molecule has 1 aromatic carbocycles. The molecule has 2 heterocycles. The third-order valence-electron chi connectivity index (χ3n) is 10.8. The lowest BCUT2D eigenvalue weighted by atomic mass is 9.69. The average Bonchev–Trinajstić information content (AvgIpc) is 2.97. The number of aliphatic carboxylic acids is 1. The molecule has 2 aliphatic carbocycles. The molecule has 2 unspecified atom stereocenters. The number of benzene rings is 1. The third kappa shape index (κ3) is 7.47. The Morgan fingerprint density at radius 2 is 1.89 bits per heavy atom. The number of sulfonamides is 1. The Morgan fingerprint density at radius 1 is 1.14 bits per heavy atom. The Balaban J connectivity index is 1.50. The van der Waals surface area contributed by atoms with E-state index in [-0.39, 0.29) is 35.2 Å². The van der Waals surface area contributed by atoms with Crippen LogP contribution in [0.1, 0.15) is 88.9 Å². The van der Waals surface area contributed by atoms with Gasteiger partial charge in [-0.15, -0.1) is 0 Å². The van der Waals surface area contributed by atoms with Gasteiger partial charge in [-0.2, -0.15) is 0 Å². The van der Waals surface area contributed by atoms with Gasteiger partial charge >= 0.3 is 5.97 Å². The van der Waals surface area contributed by atoms with Gasteiger partial charge in [0.1, 0.15) is 5.75 Å². The number of amides is 1. The molecule has 0 radical (unpaired) electrons. The Labute approximate surface area is 267 Å². The first-order valence-electron chi connectivity index (χ1n) is 16.2. The highest BCUT2D eigenvalue weighted by molar-refractivity contribution is 7.90. The molecular weight excluding hydrogens is 600 g/mol. The minimum Gasteiger partial charge on any atom is -0.490 e. The molecule has 1 amide bonds. The van der Waals surface area contributed by atoms with Crippen LogP contribution in [0.2, 0.25) is 0 Å². The van der Waals surface area contributed by atoms with Gasteiger partial charge < -0.3 is 14.7 Å². The van der Waals surface area contributed by atoms with Crippen LogP contribution in [0, 0.1) is 35.0 Å². The Morgan fingerprint density at radius 3 is 2.61 bits per heavy atom. The number of hydrogen-bond donors (Lipinski definition) is 2. The summed E-state index contributed by atoms with van der Waals surface area (Å²) in [6.07, 6.45) is 13.6. The van der Waals surface area contributed by atoms with E-state index in [2.05, 4.69) is 28.7 Å². The maximum absolute atomic E-state index is 13.4. The van der Waals surface area contributed by atoms with Crippen molar-refractivity contribution in [2.75, 3.05) is 24.6 Å². The lowest BCUT2D eigenvalue weighted by Crippen LogP contribution is -2.41. The molecule has 242 valence electrons. The van der Waals surface area contributed by atoms with Gasteiger partial charge in [-0.3, -0.25) is 9.59 Å². The zero-order chi connectivity index (χ0) is 31.6. The van der Waals surface area contributed by atoms with Crippen molar-refractivity contribution in [3.63, 3.8) is 0 Å². The monoisotopic (exact) mass is 646 g/mol. The number of hydrogen-bond acceptors (Lipinski definition) is 6. The molecule has 8 nitrogen and oxygen atoms in total. The van der Waals surface area contributed by atoms with Gasteiger partial charge in [0.25, 0.3) is 5.91 Å². The predicted molar refractivity (Wildman–Crippen MR) is 173 cm³/mol. The number of carbonyl (C=O) groups excluding carboxylic acids is 1. The van der Waals surface area contributed by atoms with Crippen LogP contribution in [-0.4, -0.2) is 50.3 Å². The highest BCUT2D eigenvalue weighted by Gasteiger charge is 2.37. The van der Waals surface area contributed by atoms with Gasteiger partial charge in [0, 0.05) is 35.5 Å². The summed E-state index contributed by atoms with van der Waals surface area (Å²) in [7, 11) is -4.00. The number of anilines is 1. The van der Waals surface area contributed by atoms with Crippen molar-refractivity contribution < 1.29 is 27.9 Å². The molecule has 7 atom stereocenters. The molecule has 2 bridgehead atoms. The highest BCUT2D eigenvalue weighted by atomic mass is 35.5. The molecular formula is C34H47ClN2O6S. The van der Waals surface area contributed by atoms with Crippen molar-refractivity contribution in [1.29, 1.82) is 0 Å². The summed E-state index contributed by atoms with van der Waals surface area (Å²) in [6, 6.07) is 5.24. The lowest BCUT2D eigenvalue weighted by Gasteiger charge is -2.42. The Kier molecular flexibility index (Phi) is 10.0. The molecule has 10 heteroatoms. The standard InChI is InChI=1S/C34H47ClN2O6S/c1-22-16-24(17-32(38)39)7-8-25-9-10-27(25)20-37-15-5-4-6-28-19-29(35)13-14-34(28,3)21-43-31-12-11-26(18-30(31)37)33(40)36-44(41,42)23(22)2/h11-14,18-19,22-25,27-28H,4-10,15-17,20-21H2,1-3H3,(H,36,40)(H,38,39)/t22-,23+,24+,25+,27-,28?,34?/m0/s1. The topological polar surface area (TPSA) is 113 Å². The summed E-state index contributed by atoms with van der Waals surface area (Å²) in [5.41, 5.74) is 0.850. The minimum atomic E-state index is -4.00. The van der Waals surface area contributed by atoms with Crippen molar-refractivity contribution in [2.24, 2.45) is 35.0 Å². The molecule has 1 fully saturated rings. The lowest BCUT2D eigenvalue weighted by molar-refractivity contribution is -0.138. The summed E-state index contributed by atoms with van der Waals surface area (Å²) in [6.45, 7) is 7.68. The summed E-state index contributed by atoms with van der Waals surface area (Å²) < 4.78 is 35.6. The summed E-state index contributed by atoms with van der Waals surface area (Å²) in [5.74, 6) is -0.0679. The highest BCUT2D eigenvalue weighted by Crippen LogP contribution is 2.44. The molecule has 4 aliphatic rings. The van der Waals surface area contributed by atoms with Gasteiger partial charge in [-0.1, -0.05) is 44.0 Å². The normalized spacial score (nSPS) is 34.5. The SMILES string of the molecule is C[C@@H]1[C@@H](C)C[C@H](CC(=O)O)CC[C@@H]2CC[C@H]2CN2CCCCC3C=C(Cl)C=CC3(C)COc3ccc(cc32)C(=O)NS1(=O)=O. The average molecular weight is 647 g/mol. The molecule has 0 aromatic heterocycles. The number of rotatable bonds is 2. The molecule has 1 saturated carbocycles. The van der Waals surface area contributed by atoms with Crippen LogP contribution in [0.5, 0.6) is 5.75 Å². The van der Waals surface area contributed by atoms with E-state index in [0.717, 1.165) is 68.8 Å². The predicted octanol–water partition coefficient (Wildman–Crippen LogP) is 6.76. The second-order valence-corrected chi connectivity index (χ2v) is 16.4. The van der Waals surface area contributed by atoms with E-state index < -0.39 is 27.1 Å². The van der Waals surface area contributed by atoms with E-state index in [4.69, 9.17) is 16.3 Å². The number of ether oxygens (including phenoxy) is 1. The number of carboxylic acids is 1. The number of nitrogens with one attached hydrogen (secondary N) is 1. The van der Waals surface area contributed by atoms with Crippen LogP contribution in [-0.2, 0) is 14.8 Å². The van der Waals surface area contributed by atoms with E-state index in [0.29, 0.717) is 30.6 Å². The van der Waals surface area contributed by atoms with E-state index in [1.54, 1.807) is 25.1 Å². The first-order chi connectivity index (χ1) is 20.8. The van der Waals surface area contributed by atoms with Crippen molar-refractivity contribution in [2.45, 2.75) is 83.8 Å². The Hall–Kier alpha value is -2.52. The second kappa shape index (κ2) is 13.5. The number of nitrogens with zero attached hydrogens (tertiary/aromatic N) is 1. The smallest absolute Gasteiger partial charge is 0.303 e. The number of halogens is 1. The van der Waals surface area contributed by atoms with Crippen LogP contribution in [0.15, 0.2) is 41.5 Å². The molecule has 5 rings (SSSR count). The summed E-state index contributed by atoms with van der Waals surface area (Å²) >= 11 is 6.40. The van der Waals surface area contributed by atoms with Crippen LogP contribution in [0.4, 0.5) is 5.69 Å². The van der Waals surface area contributed by atoms with E-state index in [9.17, 15) is 23.1 Å². The first-order valence-corrected chi connectivity index (χ1v) is 18.1. The van der Waals surface area contributed by atoms with Crippen LogP contribution >= 0.6 is 11.6 Å². The van der Waals surface area contributed by atoms with Crippen molar-refractivity contribution >= 4 is 39.2 Å². The summed E-state index contributed by atoms with van der Waals surface area (Å²) in [5, 5.41) is 9.50. The van der Waals surface area contributed by atoms with E-state index >= 15 is 0 Å². The van der Waals surface area contributed by atoms with Gasteiger partial charge in [0.15, 0.2) is 0 Å². The third-order valence-corrected chi connectivity index (χ3v) is 13.0. The molecule has 1 aromatic rings. The number of allylic oxidation sites excluding steroid dienone is 3. The molecule has 0 spiro atoms. The number of carbonyl (C=O) groups is 2. The maximum Gasteiger partial charge on any atom is 0.303 e. The fraction of sp³-hybridized carbons (Fsp3) is 0.647. The Bertz CT molecular complexity index is 1410. The quantitative estimate of drug-likeness (QED) is 0.365. The zero-order valence-corrected chi connectivity index (χ0v) is 27.7. The van der Waals surface area contributed by atoms with E-state index in [1.807, 2.05) is 13.0 Å². The van der Waals surface area contributed by atoms with E-state index in [1.165, 1.54) is 0 Å². The van der Waals surface area contributed by atoms with Crippen LogP contribution < -0.4 is 14.4 Å². The number of fused-ring (bicyclic) bond motifs is 3. The van der Waals surface area contributed by atoms with Gasteiger partial charge in [-0.25, -0.2) is 13.1 Å². The maximum atomic E-state index is 13.4. The van der Waals surface area contributed by atoms with Crippen LogP contribution in [0.25, 0.3) is 0 Å². The molecule has 2 N–H and O–H groups in total. The van der Waals surface area contributed by atoms with Crippen molar-refractivity contribution in [3.8, 4) is 5.75 Å². The van der Waals surface area contributed by atoms with Gasteiger partial charge in [0.05, 0.1) is 17.5 Å². The van der Waals surface area contributed by atoms with Gasteiger partial charge in [-0.05, 0) is 106 Å². The molecule has 0 saturated heterocycles. The van der Waals surface area contributed by atoms with Gasteiger partial charge in [0.2, 0.25) is 10.0 Å². The largest absolute Gasteiger partial charge is 0.490 e.